The Balaban J connectivity index is 1.85. The van der Waals surface area contributed by atoms with Gasteiger partial charge in [-0.1, -0.05) is 11.6 Å². The lowest BCUT2D eigenvalue weighted by Crippen LogP contribution is -2.49. The number of anilines is 1. The van der Waals surface area contributed by atoms with Gasteiger partial charge in [0.1, 0.15) is 10.8 Å². The molecule has 9 nitrogen and oxygen atoms in total. The summed E-state index contributed by atoms with van der Waals surface area (Å²) in [4.78, 5) is 30.9. The van der Waals surface area contributed by atoms with Crippen LogP contribution >= 0.6 is 11.6 Å². The average Bonchev–Trinajstić information content (AvgIpc) is 3.22. The molecule has 1 atom stereocenters. The van der Waals surface area contributed by atoms with E-state index in [9.17, 15) is 9.59 Å². The lowest BCUT2D eigenvalue weighted by atomic mass is 10.0. The number of esters is 1. The molecule has 0 unspecified atom stereocenters. The van der Waals surface area contributed by atoms with Gasteiger partial charge < -0.3 is 19.7 Å². The standard InChI is InChI=1S/C23H32ClN5O4/c1-22(2,3)33-21(31)27-16-8-7-9-28(14-16)18-10-19(24)25-12-17(18)15-11-26-29(13-15)23(4,5)20(30)32-6/h10-13,16H,7-9,14H2,1-6H3,(H,27,31)/t16-/m0/s1. The van der Waals surface area contributed by atoms with Gasteiger partial charge in [-0.05, 0) is 53.5 Å². The summed E-state index contributed by atoms with van der Waals surface area (Å²) in [5, 5.41) is 7.74. The number of alkyl carbamates (subject to hydrolysis) is 1. The topological polar surface area (TPSA) is 98.6 Å². The summed E-state index contributed by atoms with van der Waals surface area (Å²) in [6, 6.07) is 1.75. The Morgan fingerprint density at radius 3 is 2.61 bits per heavy atom. The predicted molar refractivity (Wildman–Crippen MR) is 126 cm³/mol. The monoisotopic (exact) mass is 477 g/mol. The van der Waals surface area contributed by atoms with Crippen LogP contribution in [0.25, 0.3) is 11.1 Å². The lowest BCUT2D eigenvalue weighted by Gasteiger charge is -2.36. The number of nitrogens with one attached hydrogen (secondary N) is 1. The molecule has 0 saturated carbocycles. The van der Waals surface area contributed by atoms with Gasteiger partial charge in [0, 0.05) is 48.3 Å². The number of ether oxygens (including phenoxy) is 2. The molecule has 1 aliphatic rings. The lowest BCUT2D eigenvalue weighted by molar-refractivity contribution is -0.150. The normalized spacial score (nSPS) is 16.9. The number of halogens is 1. The van der Waals surface area contributed by atoms with Crippen LogP contribution in [0.4, 0.5) is 10.5 Å². The number of piperidine rings is 1. The molecular formula is C23H32ClN5O4. The van der Waals surface area contributed by atoms with Gasteiger partial charge in [0.2, 0.25) is 0 Å². The van der Waals surface area contributed by atoms with Crippen molar-refractivity contribution in [3.05, 3.63) is 29.8 Å². The van der Waals surface area contributed by atoms with Gasteiger partial charge in [0.25, 0.3) is 0 Å². The van der Waals surface area contributed by atoms with Crippen LogP contribution in [-0.2, 0) is 19.8 Å². The largest absolute Gasteiger partial charge is 0.467 e. The van der Waals surface area contributed by atoms with E-state index in [1.165, 1.54) is 7.11 Å². The maximum Gasteiger partial charge on any atom is 0.407 e. The van der Waals surface area contributed by atoms with Crippen molar-refractivity contribution in [1.82, 2.24) is 20.1 Å². The van der Waals surface area contributed by atoms with Crippen LogP contribution in [0, 0.1) is 0 Å². The fourth-order valence-electron chi connectivity index (χ4n) is 3.80. The summed E-state index contributed by atoms with van der Waals surface area (Å²) in [6.45, 7) is 10.4. The van der Waals surface area contributed by atoms with Crippen molar-refractivity contribution in [3.8, 4) is 11.1 Å². The van der Waals surface area contributed by atoms with Gasteiger partial charge in [0.15, 0.2) is 5.54 Å². The summed E-state index contributed by atoms with van der Waals surface area (Å²) in [5.41, 5.74) is 1.02. The number of pyridine rings is 1. The van der Waals surface area contributed by atoms with Crippen molar-refractivity contribution in [2.24, 2.45) is 0 Å². The average molecular weight is 478 g/mol. The zero-order chi connectivity index (χ0) is 24.4. The molecule has 3 heterocycles. The molecule has 1 saturated heterocycles. The Kier molecular flexibility index (Phi) is 7.21. The first-order valence-corrected chi connectivity index (χ1v) is 11.3. The minimum absolute atomic E-state index is 0.0608. The van der Waals surface area contributed by atoms with E-state index in [-0.39, 0.29) is 6.04 Å². The number of hydrogen-bond donors (Lipinski definition) is 1. The van der Waals surface area contributed by atoms with Gasteiger partial charge >= 0.3 is 12.1 Å². The molecule has 1 amide bonds. The molecule has 0 spiro atoms. The molecule has 1 aliphatic heterocycles. The zero-order valence-corrected chi connectivity index (χ0v) is 20.8. The van der Waals surface area contributed by atoms with Crippen molar-refractivity contribution in [2.45, 2.75) is 64.6 Å². The first kappa shape index (κ1) is 24.8. The van der Waals surface area contributed by atoms with Crippen LogP contribution in [0.15, 0.2) is 24.7 Å². The molecular weight excluding hydrogens is 446 g/mol. The molecule has 2 aromatic rings. The molecule has 0 aliphatic carbocycles. The third kappa shape index (κ3) is 5.96. The van der Waals surface area contributed by atoms with Crippen LogP contribution in [0.3, 0.4) is 0 Å². The number of nitrogens with zero attached hydrogens (tertiary/aromatic N) is 4. The van der Waals surface area contributed by atoms with Gasteiger partial charge in [-0.25, -0.2) is 14.6 Å². The summed E-state index contributed by atoms with van der Waals surface area (Å²) in [7, 11) is 1.35. The summed E-state index contributed by atoms with van der Waals surface area (Å²) in [5.74, 6) is -0.390. The Hall–Kier alpha value is -2.81. The van der Waals surface area contributed by atoms with Crippen LogP contribution in [0.2, 0.25) is 5.15 Å². The fourth-order valence-corrected chi connectivity index (χ4v) is 3.96. The third-order valence-electron chi connectivity index (χ3n) is 5.48. The van der Waals surface area contributed by atoms with Crippen LogP contribution in [0.5, 0.6) is 0 Å². The van der Waals surface area contributed by atoms with Crippen LogP contribution in [-0.4, -0.2) is 58.7 Å². The van der Waals surface area contributed by atoms with Crippen molar-refractivity contribution in [2.75, 3.05) is 25.1 Å². The highest BCUT2D eigenvalue weighted by atomic mass is 35.5. The summed E-state index contributed by atoms with van der Waals surface area (Å²) >= 11 is 6.25. The van der Waals surface area contributed by atoms with Crippen LogP contribution < -0.4 is 10.2 Å². The fraction of sp³-hybridized carbons (Fsp3) is 0.565. The third-order valence-corrected chi connectivity index (χ3v) is 5.69. The van der Waals surface area contributed by atoms with Crippen molar-refractivity contribution in [1.29, 1.82) is 0 Å². The second-order valence-corrected chi connectivity index (χ2v) is 10.1. The quantitative estimate of drug-likeness (QED) is 0.513. The van der Waals surface area contributed by atoms with E-state index in [1.54, 1.807) is 37.1 Å². The molecule has 2 aromatic heterocycles. The Labute approximate surface area is 199 Å². The van der Waals surface area contributed by atoms with Crippen LogP contribution in [0.1, 0.15) is 47.5 Å². The first-order chi connectivity index (χ1) is 15.4. The molecule has 3 rings (SSSR count). The number of amides is 1. The number of rotatable bonds is 5. The SMILES string of the molecule is COC(=O)C(C)(C)n1cc(-c2cnc(Cl)cc2N2CCC[C@H](NC(=O)OC(C)(C)C)C2)cn1. The minimum Gasteiger partial charge on any atom is -0.467 e. The zero-order valence-electron chi connectivity index (χ0n) is 20.0. The van der Waals surface area contributed by atoms with Gasteiger partial charge in [-0.2, -0.15) is 5.10 Å². The van der Waals surface area contributed by atoms with E-state index in [1.807, 2.05) is 26.8 Å². The van der Waals surface area contributed by atoms with E-state index in [4.69, 9.17) is 21.1 Å². The molecule has 10 heteroatoms. The Morgan fingerprint density at radius 1 is 1.21 bits per heavy atom. The van der Waals surface area contributed by atoms with Gasteiger partial charge in [-0.3, -0.25) is 4.68 Å². The van der Waals surface area contributed by atoms with E-state index in [2.05, 4.69) is 20.3 Å². The van der Waals surface area contributed by atoms with Gasteiger partial charge in [0.05, 0.1) is 13.3 Å². The van der Waals surface area contributed by atoms with E-state index < -0.39 is 23.2 Å². The van der Waals surface area contributed by atoms with Gasteiger partial charge in [-0.15, -0.1) is 0 Å². The second kappa shape index (κ2) is 9.59. The highest BCUT2D eigenvalue weighted by Crippen LogP contribution is 2.34. The molecule has 180 valence electrons. The maximum atomic E-state index is 12.3. The highest BCUT2D eigenvalue weighted by Gasteiger charge is 2.32. The number of aromatic nitrogens is 3. The van der Waals surface area contributed by atoms with E-state index in [0.717, 1.165) is 36.2 Å². The molecule has 1 fully saturated rings. The number of methoxy groups -OCH3 is 1. The molecule has 0 radical (unpaired) electrons. The van der Waals surface area contributed by atoms with Crippen molar-refractivity contribution in [3.63, 3.8) is 0 Å². The molecule has 0 bridgehead atoms. The van der Waals surface area contributed by atoms with E-state index >= 15 is 0 Å². The molecule has 0 aromatic carbocycles. The summed E-state index contributed by atoms with van der Waals surface area (Å²) < 4.78 is 11.9. The number of carbonyl (C=O) groups is 2. The molecule has 1 N–H and O–H groups in total. The Morgan fingerprint density at radius 2 is 1.94 bits per heavy atom. The van der Waals surface area contributed by atoms with E-state index in [0.29, 0.717) is 11.7 Å². The number of hydrogen-bond acceptors (Lipinski definition) is 7. The Bertz CT molecular complexity index is 1010. The second-order valence-electron chi connectivity index (χ2n) is 9.68. The maximum absolute atomic E-state index is 12.3. The smallest absolute Gasteiger partial charge is 0.407 e. The first-order valence-electron chi connectivity index (χ1n) is 10.9. The van der Waals surface area contributed by atoms with Crippen molar-refractivity contribution >= 4 is 29.4 Å². The van der Waals surface area contributed by atoms with Crippen molar-refractivity contribution < 1.29 is 19.1 Å². The highest BCUT2D eigenvalue weighted by molar-refractivity contribution is 6.29. The predicted octanol–water partition coefficient (Wildman–Crippen LogP) is 4.00. The minimum atomic E-state index is -0.958. The summed E-state index contributed by atoms with van der Waals surface area (Å²) in [6.07, 6.45) is 6.53. The molecule has 33 heavy (non-hydrogen) atoms. The number of carbonyl (C=O) groups excluding carboxylic acids is 2.